The standard InChI is InChI=1S/C16H20O2/c1-15(2,3)12-6-8-13(9-7-12)16(18)10-4-5-14(17)11-16/h4-10,17-18H,11H2,1-3H3. The normalized spacial score (nSPS) is 23.9. The molecule has 0 spiro atoms. The van der Waals surface area contributed by atoms with Crippen LogP contribution < -0.4 is 0 Å². The number of allylic oxidation sites excluding steroid dienone is 2. The van der Waals surface area contributed by atoms with Crippen LogP contribution >= 0.6 is 0 Å². The molecule has 1 atom stereocenters. The van der Waals surface area contributed by atoms with Gasteiger partial charge in [0.1, 0.15) is 5.60 Å². The molecule has 2 rings (SSSR count). The van der Waals surface area contributed by atoms with Crippen molar-refractivity contribution in [3.05, 3.63) is 59.4 Å². The second-order valence-corrected chi connectivity index (χ2v) is 5.95. The molecular weight excluding hydrogens is 224 g/mol. The molecule has 2 nitrogen and oxygen atoms in total. The minimum Gasteiger partial charge on any atom is -0.512 e. The fourth-order valence-electron chi connectivity index (χ4n) is 2.17. The second kappa shape index (κ2) is 4.29. The van der Waals surface area contributed by atoms with Gasteiger partial charge in [-0.1, -0.05) is 51.1 Å². The van der Waals surface area contributed by atoms with Gasteiger partial charge < -0.3 is 10.2 Å². The Morgan fingerprint density at radius 1 is 1.11 bits per heavy atom. The summed E-state index contributed by atoms with van der Waals surface area (Å²) in [6.07, 6.45) is 5.26. The van der Waals surface area contributed by atoms with Gasteiger partial charge in [-0.15, -0.1) is 0 Å². The third kappa shape index (κ3) is 2.49. The van der Waals surface area contributed by atoms with Crippen LogP contribution in [0.3, 0.4) is 0 Å². The summed E-state index contributed by atoms with van der Waals surface area (Å²) in [5.74, 6) is 0.208. The molecule has 96 valence electrons. The maximum absolute atomic E-state index is 10.5. The van der Waals surface area contributed by atoms with Crippen molar-refractivity contribution in [2.24, 2.45) is 0 Å². The molecule has 0 heterocycles. The second-order valence-electron chi connectivity index (χ2n) is 5.95. The number of aliphatic hydroxyl groups excluding tert-OH is 1. The van der Waals surface area contributed by atoms with Gasteiger partial charge in [0.25, 0.3) is 0 Å². The zero-order valence-corrected chi connectivity index (χ0v) is 11.1. The van der Waals surface area contributed by atoms with Gasteiger partial charge >= 0.3 is 0 Å². The summed E-state index contributed by atoms with van der Waals surface area (Å²) >= 11 is 0. The average molecular weight is 244 g/mol. The van der Waals surface area contributed by atoms with E-state index in [-0.39, 0.29) is 17.6 Å². The summed E-state index contributed by atoms with van der Waals surface area (Å²) < 4.78 is 0. The van der Waals surface area contributed by atoms with Crippen molar-refractivity contribution in [1.82, 2.24) is 0 Å². The molecule has 0 aliphatic heterocycles. The van der Waals surface area contributed by atoms with E-state index in [1.807, 2.05) is 24.3 Å². The number of hydrogen-bond acceptors (Lipinski definition) is 2. The lowest BCUT2D eigenvalue weighted by molar-refractivity contribution is 0.0752. The third-order valence-corrected chi connectivity index (χ3v) is 3.36. The molecule has 1 aliphatic rings. The largest absolute Gasteiger partial charge is 0.512 e. The lowest BCUT2D eigenvalue weighted by Gasteiger charge is -2.28. The summed E-state index contributed by atoms with van der Waals surface area (Å²) in [7, 11) is 0. The topological polar surface area (TPSA) is 40.5 Å². The summed E-state index contributed by atoms with van der Waals surface area (Å²) in [6.45, 7) is 6.48. The maximum Gasteiger partial charge on any atom is 0.115 e. The van der Waals surface area contributed by atoms with Crippen LogP contribution in [-0.4, -0.2) is 10.2 Å². The molecule has 0 bridgehead atoms. The summed E-state index contributed by atoms with van der Waals surface area (Å²) in [6, 6.07) is 7.94. The zero-order valence-electron chi connectivity index (χ0n) is 11.1. The van der Waals surface area contributed by atoms with Gasteiger partial charge in [-0.25, -0.2) is 0 Å². The van der Waals surface area contributed by atoms with E-state index in [4.69, 9.17) is 0 Å². The van der Waals surface area contributed by atoms with E-state index < -0.39 is 5.60 Å². The lowest BCUT2D eigenvalue weighted by Crippen LogP contribution is -2.25. The fraction of sp³-hybridized carbons (Fsp3) is 0.375. The zero-order chi connectivity index (χ0) is 13.4. The highest BCUT2D eigenvalue weighted by Crippen LogP contribution is 2.33. The number of aliphatic hydroxyl groups is 2. The van der Waals surface area contributed by atoms with Crippen molar-refractivity contribution >= 4 is 0 Å². The van der Waals surface area contributed by atoms with Crippen LogP contribution in [0, 0.1) is 0 Å². The average Bonchev–Trinajstić information content (AvgIpc) is 2.28. The molecule has 0 aromatic heterocycles. The first-order valence-electron chi connectivity index (χ1n) is 6.22. The molecule has 1 unspecified atom stereocenters. The van der Waals surface area contributed by atoms with E-state index in [1.54, 1.807) is 18.2 Å². The van der Waals surface area contributed by atoms with E-state index in [2.05, 4.69) is 20.8 Å². The Morgan fingerprint density at radius 2 is 1.72 bits per heavy atom. The predicted molar refractivity (Wildman–Crippen MR) is 73.5 cm³/mol. The molecule has 0 saturated heterocycles. The number of rotatable bonds is 1. The van der Waals surface area contributed by atoms with Gasteiger partial charge in [0.15, 0.2) is 0 Å². The van der Waals surface area contributed by atoms with E-state index in [1.165, 1.54) is 5.56 Å². The van der Waals surface area contributed by atoms with Gasteiger partial charge in [-0.3, -0.25) is 0 Å². The molecule has 2 heteroatoms. The fourth-order valence-corrected chi connectivity index (χ4v) is 2.17. The third-order valence-electron chi connectivity index (χ3n) is 3.36. The smallest absolute Gasteiger partial charge is 0.115 e. The predicted octanol–water partition coefficient (Wildman–Crippen LogP) is 3.57. The summed E-state index contributed by atoms with van der Waals surface area (Å²) in [5.41, 5.74) is 1.06. The summed E-state index contributed by atoms with van der Waals surface area (Å²) in [5, 5.41) is 20.1. The van der Waals surface area contributed by atoms with Crippen LogP contribution in [0.5, 0.6) is 0 Å². The van der Waals surface area contributed by atoms with Crippen molar-refractivity contribution in [3.8, 4) is 0 Å². The number of benzene rings is 1. The molecular formula is C16H20O2. The molecule has 18 heavy (non-hydrogen) atoms. The van der Waals surface area contributed by atoms with Crippen molar-refractivity contribution in [2.75, 3.05) is 0 Å². The Kier molecular flexibility index (Phi) is 3.07. The molecule has 0 amide bonds. The Bertz CT molecular complexity index is 489. The minimum absolute atomic E-state index is 0.103. The Hall–Kier alpha value is -1.54. The monoisotopic (exact) mass is 244 g/mol. The van der Waals surface area contributed by atoms with Crippen LogP contribution in [-0.2, 0) is 11.0 Å². The molecule has 0 radical (unpaired) electrons. The van der Waals surface area contributed by atoms with Crippen molar-refractivity contribution in [2.45, 2.75) is 38.2 Å². The van der Waals surface area contributed by atoms with Gasteiger partial charge in [0.2, 0.25) is 0 Å². The first kappa shape index (κ1) is 12.9. The lowest BCUT2D eigenvalue weighted by atomic mass is 9.82. The first-order valence-corrected chi connectivity index (χ1v) is 6.22. The van der Waals surface area contributed by atoms with Crippen LogP contribution in [0.4, 0.5) is 0 Å². The molecule has 0 saturated carbocycles. The van der Waals surface area contributed by atoms with Crippen LogP contribution in [0.25, 0.3) is 0 Å². The summed E-state index contributed by atoms with van der Waals surface area (Å²) in [4.78, 5) is 0. The quantitative estimate of drug-likeness (QED) is 0.792. The highest BCUT2D eigenvalue weighted by Gasteiger charge is 2.29. The van der Waals surface area contributed by atoms with Gasteiger partial charge in [-0.05, 0) is 28.7 Å². The SMILES string of the molecule is CC(C)(C)c1ccc(C2(O)C=CC=C(O)C2)cc1. The van der Waals surface area contributed by atoms with E-state index in [0.717, 1.165) is 5.56 Å². The van der Waals surface area contributed by atoms with E-state index in [9.17, 15) is 10.2 Å². The van der Waals surface area contributed by atoms with E-state index in [0.29, 0.717) is 0 Å². The van der Waals surface area contributed by atoms with Crippen LogP contribution in [0.2, 0.25) is 0 Å². The Balaban J connectivity index is 2.31. The minimum atomic E-state index is -1.09. The van der Waals surface area contributed by atoms with Gasteiger partial charge in [-0.2, -0.15) is 0 Å². The Labute approximate surface area is 108 Å². The maximum atomic E-state index is 10.5. The molecule has 1 aromatic carbocycles. The number of hydrogen-bond donors (Lipinski definition) is 2. The van der Waals surface area contributed by atoms with Crippen LogP contribution in [0.15, 0.2) is 48.3 Å². The van der Waals surface area contributed by atoms with Gasteiger partial charge in [0, 0.05) is 6.42 Å². The van der Waals surface area contributed by atoms with E-state index >= 15 is 0 Å². The first-order chi connectivity index (χ1) is 8.31. The molecule has 2 N–H and O–H groups in total. The van der Waals surface area contributed by atoms with Crippen LogP contribution in [0.1, 0.15) is 38.3 Å². The van der Waals surface area contributed by atoms with Gasteiger partial charge in [0.05, 0.1) is 5.76 Å². The van der Waals surface area contributed by atoms with Crippen molar-refractivity contribution in [3.63, 3.8) is 0 Å². The molecule has 1 aromatic rings. The highest BCUT2D eigenvalue weighted by atomic mass is 16.3. The highest BCUT2D eigenvalue weighted by molar-refractivity contribution is 5.36. The molecule has 0 fully saturated rings. The van der Waals surface area contributed by atoms with Crippen molar-refractivity contribution in [1.29, 1.82) is 0 Å². The molecule has 1 aliphatic carbocycles. The van der Waals surface area contributed by atoms with Crippen molar-refractivity contribution < 1.29 is 10.2 Å². The Morgan fingerprint density at radius 3 is 2.22 bits per heavy atom.